The van der Waals surface area contributed by atoms with Gasteiger partial charge in [0.25, 0.3) is 0 Å². The number of amides is 6. The predicted molar refractivity (Wildman–Crippen MR) is 530 cm³/mol. The van der Waals surface area contributed by atoms with Gasteiger partial charge in [-0.05, 0) is 263 Å². The number of halogens is 12. The fraction of sp³-hybridized carbons (Fsp3) is 0.465. The summed E-state index contributed by atoms with van der Waals surface area (Å²) in [6.07, 6.45) is -22.2. The van der Waals surface area contributed by atoms with Crippen molar-refractivity contribution >= 4 is 106 Å². The first-order valence-corrected chi connectivity index (χ1v) is 48.4. The molecule has 0 spiro atoms. The van der Waals surface area contributed by atoms with Crippen LogP contribution in [0.1, 0.15) is 219 Å². The smallest absolute Gasteiger partial charge is 0.416 e. The van der Waals surface area contributed by atoms with Crippen molar-refractivity contribution in [1.29, 1.82) is 0 Å². The number of rotatable bonds is 43. The topological polar surface area (TPSA) is 379 Å². The maximum atomic E-state index is 14.5. The molecular weight excluding hydrogens is 1970 g/mol. The van der Waals surface area contributed by atoms with Gasteiger partial charge in [0.15, 0.2) is 0 Å². The molecular formula is C101H130F12N10O18S3. The highest BCUT2D eigenvalue weighted by Crippen LogP contribution is 2.42. The van der Waals surface area contributed by atoms with E-state index in [-0.39, 0.29) is 152 Å². The van der Waals surface area contributed by atoms with E-state index in [0.717, 1.165) is 72.1 Å². The number of carbonyl (C=O) groups is 10. The number of nitrogens with one attached hydrogen (secondary N) is 9. The summed E-state index contributed by atoms with van der Waals surface area (Å²) in [5.41, 5.74) is -2.43. The van der Waals surface area contributed by atoms with Crippen LogP contribution in [0.5, 0.6) is 23.0 Å². The van der Waals surface area contributed by atoms with E-state index < -0.39 is 148 Å². The number of hydrogen-bond acceptors (Lipinski definition) is 25. The molecule has 0 saturated heterocycles. The number of anilines is 2. The van der Waals surface area contributed by atoms with Gasteiger partial charge < -0.3 is 70.2 Å². The number of benzene rings is 6. The number of carbonyl (C=O) groups excluding carboxylic acids is 10. The fourth-order valence-corrected chi connectivity index (χ4v) is 14.7. The molecule has 28 nitrogen and oxygen atoms in total. The van der Waals surface area contributed by atoms with Gasteiger partial charge in [-0.2, -0.15) is 52.7 Å². The predicted octanol–water partition coefficient (Wildman–Crippen LogP) is 24.0. The lowest BCUT2D eigenvalue weighted by molar-refractivity contribution is -0.138. The third-order valence-corrected chi connectivity index (χ3v) is 20.9. The van der Waals surface area contributed by atoms with Gasteiger partial charge in [-0.1, -0.05) is 50.6 Å². The van der Waals surface area contributed by atoms with Crippen LogP contribution in [0.4, 0.5) is 92.8 Å². The zero-order valence-corrected chi connectivity index (χ0v) is 86.6. The highest BCUT2D eigenvalue weighted by atomic mass is 32.2. The van der Waals surface area contributed by atoms with Gasteiger partial charge in [0, 0.05) is 122 Å². The van der Waals surface area contributed by atoms with E-state index in [0.29, 0.717) is 54.9 Å². The normalized spacial score (nSPS) is 11.9. The van der Waals surface area contributed by atoms with Gasteiger partial charge in [0.05, 0.1) is 27.3 Å². The fourth-order valence-electron chi connectivity index (χ4n) is 12.4. The van der Waals surface area contributed by atoms with Gasteiger partial charge in [-0.15, -0.1) is 35.3 Å². The molecule has 0 aliphatic carbocycles. The molecule has 11 N–H and O–H groups in total. The van der Waals surface area contributed by atoms with E-state index >= 15 is 0 Å². The monoisotopic (exact) mass is 2090 g/mol. The van der Waals surface area contributed by atoms with Crippen LogP contribution in [0, 0.1) is 0 Å². The molecule has 0 heterocycles. The quantitative estimate of drug-likeness (QED) is 0.00559. The van der Waals surface area contributed by atoms with Crippen LogP contribution in [0.15, 0.2) is 168 Å². The third kappa shape index (κ3) is 52.7. The first-order valence-electron chi connectivity index (χ1n) is 45.2. The van der Waals surface area contributed by atoms with Crippen molar-refractivity contribution in [3.63, 3.8) is 0 Å². The zero-order valence-electron chi connectivity index (χ0n) is 84.1. The Morgan fingerprint density at radius 1 is 0.326 bits per heavy atom. The van der Waals surface area contributed by atoms with E-state index in [1.54, 1.807) is 110 Å². The molecule has 794 valence electrons. The molecule has 6 aromatic carbocycles. The Morgan fingerprint density at radius 2 is 0.632 bits per heavy atom. The Morgan fingerprint density at radius 3 is 0.965 bits per heavy atom. The molecule has 6 aromatic rings. The second-order valence-corrected chi connectivity index (χ2v) is 41.6. The Labute approximate surface area is 844 Å². The summed E-state index contributed by atoms with van der Waals surface area (Å²) in [5, 5.41) is 23.9. The summed E-state index contributed by atoms with van der Waals surface area (Å²) in [6.45, 7) is 46.0. The van der Waals surface area contributed by atoms with Gasteiger partial charge in [0.2, 0.25) is 0 Å². The molecule has 6 rings (SSSR count). The van der Waals surface area contributed by atoms with Crippen molar-refractivity contribution in [2.45, 2.75) is 270 Å². The van der Waals surface area contributed by atoms with Crippen molar-refractivity contribution in [3.8, 4) is 23.0 Å². The molecule has 0 unspecified atom stereocenters. The summed E-state index contributed by atoms with van der Waals surface area (Å²) in [7, 11) is 0. The number of alkyl halides is 12. The van der Waals surface area contributed by atoms with E-state index in [2.05, 4.69) is 74.2 Å². The number of unbranched alkanes of at least 4 members (excludes halogenated alkanes) is 2. The molecule has 43 heteroatoms. The molecule has 144 heavy (non-hydrogen) atoms. The van der Waals surface area contributed by atoms with Crippen LogP contribution in [0.25, 0.3) is 0 Å². The minimum Gasteiger partial charge on any atom is -0.457 e. The summed E-state index contributed by atoms with van der Waals surface area (Å²) < 4.78 is 211. The van der Waals surface area contributed by atoms with Gasteiger partial charge in [-0.3, -0.25) is 40.4 Å². The molecule has 0 fully saturated rings. The molecule has 0 aliphatic heterocycles. The Balaban J connectivity index is 0.000000542. The van der Waals surface area contributed by atoms with Crippen LogP contribution in [0.2, 0.25) is 0 Å². The number of ketones is 4. The summed E-state index contributed by atoms with van der Waals surface area (Å²) >= 11 is 3.51. The average Bonchev–Trinajstić information content (AvgIpc) is 0.795. The lowest BCUT2D eigenvalue weighted by Gasteiger charge is -2.21. The molecule has 0 atom stereocenters. The van der Waals surface area contributed by atoms with Gasteiger partial charge >= 0.3 is 61.3 Å². The standard InChI is InChI=1S/C50H63F6N5O9S.C43H52F6N4O7S.C8H15NO2S/c1-30(60-44(65)69-47(6,7)8)57-18-13-12-16-38(62)25-33-23-35(49(51,52)53)24-34(42(33)71-20-19-58-43(64)68-46(3,4)5)26-39(63)21-32-15-14-17-40(22-32)67-41-28-36(50(54,55)56)27-37(29-41)59-31(2)61-45(66)70-48(9,10)11;1-26(53-39(57)60-41(5,6)7)51-14-9-8-12-33(54)21-28-19-30(42(44,45)46)20-29(37(28)61-16-15-52-38(56)59-40(2,3)4)22-34(55)17-27-11-10-13-35(18-27)58-36-24-31(43(47,48)49)23-32(50)25-36;1-6(12-5)9-7(10)11-8(2,3)4/h14-15,17,22-24,27-29,57,59H,1-2,12-13,16,18-21,25-26H2,3-11H3,(H,58,64)(H,60,65)(H,61,66);10-11,13,18-20,23-25,51H,1,8-9,12,14-17,21-22,50H2,2-7H3,(H,52,56)(H,53,57);1H2,2-5H3,(H,9,10). The summed E-state index contributed by atoms with van der Waals surface area (Å²) in [5.74, 6) is -1.66. The van der Waals surface area contributed by atoms with Crippen molar-refractivity contribution in [1.82, 2.24) is 42.5 Å². The molecule has 0 aliphatic rings. The second kappa shape index (κ2) is 55.1. The van der Waals surface area contributed by atoms with E-state index in [4.69, 9.17) is 43.6 Å². The zero-order chi connectivity index (χ0) is 109. The maximum absolute atomic E-state index is 14.5. The van der Waals surface area contributed by atoms with Gasteiger partial charge in [0.1, 0.15) is 97.2 Å². The number of thioether (sulfide) groups is 3. The highest BCUT2D eigenvalue weighted by molar-refractivity contribution is 8.02. The van der Waals surface area contributed by atoms with Crippen LogP contribution in [-0.2, 0) is 111 Å². The van der Waals surface area contributed by atoms with Crippen molar-refractivity contribution in [2.24, 2.45) is 0 Å². The van der Waals surface area contributed by atoms with E-state index in [1.807, 2.05) is 27.0 Å². The average molecular weight is 2100 g/mol. The van der Waals surface area contributed by atoms with E-state index in [9.17, 15) is 101 Å². The lowest BCUT2D eigenvalue weighted by atomic mass is 9.95. The Kier molecular flexibility index (Phi) is 47.4. The third-order valence-electron chi connectivity index (χ3n) is 17.9. The second-order valence-electron chi connectivity index (χ2n) is 38.5. The first kappa shape index (κ1) is 124. The lowest BCUT2D eigenvalue weighted by Crippen LogP contribution is -2.36. The van der Waals surface area contributed by atoms with E-state index in [1.165, 1.54) is 66.4 Å². The SMILES string of the molecule is C=C(NC(=O)OC(C)(C)C)SC.C=C(NCCCCC(=O)Cc1cc(C(F)(F)F)cc(CC(=O)Cc2cccc(Oc3cc(N)cc(C(F)(F)F)c3)c2)c1SCCNC(=O)OC(C)(C)C)NC(=O)OC(C)(C)C.C=C(NCCCCC(=O)Cc1cc(C(F)(F)F)cc(CC(=O)Cc2cccc(Oc3cc(NC(=C)NC(=O)OC(C)(C)C)cc(C(F)(F)F)c3)c2)c1SCCNC(=O)OC(C)(C)C)NC(=O)OC(C)(C)C. The largest absolute Gasteiger partial charge is 0.457 e. The van der Waals surface area contributed by atoms with Gasteiger partial charge in [-0.25, -0.2) is 28.8 Å². The van der Waals surface area contributed by atoms with Crippen molar-refractivity contribution in [2.75, 3.05) is 55.0 Å². The number of nitrogen functional groups attached to an aromatic ring is 1. The maximum Gasteiger partial charge on any atom is 0.416 e. The highest BCUT2D eigenvalue weighted by Gasteiger charge is 2.38. The van der Waals surface area contributed by atoms with Crippen LogP contribution in [-0.4, -0.2) is 137 Å². The Bertz CT molecular complexity index is 5480. The molecule has 0 bridgehead atoms. The summed E-state index contributed by atoms with van der Waals surface area (Å²) in [6, 6.07) is 20.8. The van der Waals surface area contributed by atoms with Crippen molar-refractivity contribution in [3.05, 3.63) is 214 Å². The number of hydrogen-bond donors (Lipinski definition) is 10. The van der Waals surface area contributed by atoms with Crippen LogP contribution in [0.3, 0.4) is 0 Å². The molecule has 0 aromatic heterocycles. The number of nitrogens with two attached hydrogens (primary N) is 1. The van der Waals surface area contributed by atoms with Crippen LogP contribution < -0.4 is 63.1 Å². The van der Waals surface area contributed by atoms with Crippen LogP contribution >= 0.6 is 35.3 Å². The van der Waals surface area contributed by atoms with Crippen molar-refractivity contribution < 1.29 is 139 Å². The molecule has 0 saturated carbocycles. The number of alkyl carbamates (subject to hydrolysis) is 6. The minimum absolute atomic E-state index is 0.000197. The molecule has 6 amide bonds. The number of Topliss-reactive ketones (excluding diaryl/α,β-unsaturated/α-hetero) is 4. The minimum atomic E-state index is -4.86. The molecule has 0 radical (unpaired) electrons. The summed E-state index contributed by atoms with van der Waals surface area (Å²) in [4.78, 5) is 126. The Hall–Kier alpha value is -12.4. The number of ether oxygens (including phenoxy) is 8. The first-order chi connectivity index (χ1) is 66.1.